The number of likely N-dealkylation sites (N-methyl/N-ethyl adjacent to an activating group) is 1. The number of ether oxygens (including phenoxy) is 1. The second-order valence-electron chi connectivity index (χ2n) is 17.8. The number of anilines is 1. The molecular weight excluding hydrogens is 816 g/mol. The van der Waals surface area contributed by atoms with E-state index in [0.717, 1.165) is 62.8 Å². The van der Waals surface area contributed by atoms with Gasteiger partial charge in [-0.1, -0.05) is 72.8 Å². The number of unbranched alkanes of at least 4 members (excludes halogenated alkanes) is 3. The van der Waals surface area contributed by atoms with E-state index in [9.17, 15) is 33.5 Å². The van der Waals surface area contributed by atoms with Crippen LogP contribution in [0.4, 0.5) is 14.9 Å². The number of halogens is 1. The summed E-state index contributed by atoms with van der Waals surface area (Å²) in [6.07, 6.45) is 5.56. The highest BCUT2D eigenvalue weighted by atomic mass is 32.1. The lowest BCUT2D eigenvalue weighted by molar-refractivity contribution is -0.147. The third-order valence-corrected chi connectivity index (χ3v) is 12.9. The first-order valence-corrected chi connectivity index (χ1v) is 23.2. The lowest BCUT2D eigenvalue weighted by atomic mass is 9.84. The summed E-state index contributed by atoms with van der Waals surface area (Å²) in [5, 5.41) is 20.5. The quantitative estimate of drug-likeness (QED) is 0.0482. The van der Waals surface area contributed by atoms with Gasteiger partial charge in [-0.05, 0) is 89.1 Å². The Hall–Kier alpha value is -4.35. The number of nitrogen functional groups attached to an aromatic ring is 1. The van der Waals surface area contributed by atoms with Gasteiger partial charge in [-0.3, -0.25) is 24.1 Å². The van der Waals surface area contributed by atoms with Gasteiger partial charge in [-0.25, -0.2) is 14.2 Å². The van der Waals surface area contributed by atoms with Crippen molar-refractivity contribution in [3.8, 4) is 0 Å². The fourth-order valence-corrected chi connectivity index (χ4v) is 8.69. The van der Waals surface area contributed by atoms with Crippen LogP contribution in [-0.4, -0.2) is 107 Å². The Kier molecular flexibility index (Phi) is 21.0. The molecule has 1 aromatic carbocycles. The number of piperidine rings is 1. The molecule has 348 valence electrons. The monoisotopic (exact) mass is 889 g/mol. The van der Waals surface area contributed by atoms with Gasteiger partial charge in [-0.15, -0.1) is 11.3 Å². The Labute approximate surface area is 371 Å². The SMILES string of the molecule is CCCCCCN(C(=O)[C@@H](NC(=O)C1CCCCN1C)[C@@H](C)CC)[C@H](C[C@@H](OC(=O)NCCN)c1nc(C(=O)N[C@@H](Cc2ccc(N)c(F)c2)CC(C)(C)C(=O)O)cs1)C(C)C. The number of nitrogens with zero attached hydrogens (tertiary/aromatic N) is 3. The number of nitrogens with two attached hydrogens (primary N) is 2. The average Bonchev–Trinajstić information content (AvgIpc) is 3.72. The van der Waals surface area contributed by atoms with Gasteiger partial charge in [0.25, 0.3) is 5.91 Å². The van der Waals surface area contributed by atoms with E-state index in [0.29, 0.717) is 23.5 Å². The zero-order valence-electron chi connectivity index (χ0n) is 38.1. The largest absolute Gasteiger partial charge is 0.481 e. The van der Waals surface area contributed by atoms with Crippen LogP contribution < -0.4 is 27.4 Å². The number of nitrogens with one attached hydrogen (secondary N) is 3. The van der Waals surface area contributed by atoms with E-state index in [4.69, 9.17) is 16.2 Å². The Morgan fingerprint density at radius 2 is 1.82 bits per heavy atom. The van der Waals surface area contributed by atoms with Crippen LogP contribution in [0.3, 0.4) is 0 Å². The number of hydrogen-bond donors (Lipinski definition) is 6. The number of likely N-dealkylation sites (tertiary alicyclic amines) is 1. The smallest absolute Gasteiger partial charge is 0.407 e. The summed E-state index contributed by atoms with van der Waals surface area (Å²) in [5.74, 6) is -2.91. The maximum absolute atomic E-state index is 15.0. The van der Waals surface area contributed by atoms with Crippen molar-refractivity contribution < 1.29 is 38.2 Å². The predicted octanol–water partition coefficient (Wildman–Crippen LogP) is 6.27. The molecule has 0 spiro atoms. The van der Waals surface area contributed by atoms with Crippen molar-refractivity contribution in [3.05, 3.63) is 45.7 Å². The number of carbonyl (C=O) groups excluding carboxylic acids is 4. The topological polar surface area (TPSA) is 222 Å². The second-order valence-corrected chi connectivity index (χ2v) is 18.7. The molecule has 1 saturated heterocycles. The van der Waals surface area contributed by atoms with Crippen molar-refractivity contribution in [2.75, 3.05) is 39.0 Å². The van der Waals surface area contributed by atoms with Crippen molar-refractivity contribution in [1.29, 1.82) is 0 Å². The second kappa shape index (κ2) is 25.1. The van der Waals surface area contributed by atoms with Gasteiger partial charge in [0.1, 0.15) is 22.6 Å². The number of rotatable bonds is 25. The fraction of sp³-hybridized carbons (Fsp3) is 0.689. The Balaban J connectivity index is 2.01. The number of aromatic nitrogens is 1. The number of carbonyl (C=O) groups is 5. The third kappa shape index (κ3) is 15.5. The Morgan fingerprint density at radius 1 is 1.10 bits per heavy atom. The number of hydrogen-bond acceptors (Lipinski definition) is 11. The van der Waals surface area contributed by atoms with Crippen LogP contribution >= 0.6 is 11.3 Å². The summed E-state index contributed by atoms with van der Waals surface area (Å²) < 4.78 is 20.4. The minimum atomic E-state index is -1.23. The zero-order chi connectivity index (χ0) is 46.1. The molecule has 4 amide bonds. The fourth-order valence-electron chi connectivity index (χ4n) is 7.85. The van der Waals surface area contributed by atoms with Crippen molar-refractivity contribution >= 4 is 46.8 Å². The molecule has 1 unspecified atom stereocenters. The highest BCUT2D eigenvalue weighted by Gasteiger charge is 2.39. The number of amides is 4. The van der Waals surface area contributed by atoms with Gasteiger partial charge in [0.2, 0.25) is 11.8 Å². The third-order valence-electron chi connectivity index (χ3n) is 11.9. The van der Waals surface area contributed by atoms with E-state index in [1.165, 1.54) is 17.5 Å². The molecule has 0 radical (unpaired) electrons. The molecule has 2 heterocycles. The molecule has 1 aliphatic heterocycles. The number of carboxylic acid groups (broad SMARTS) is 1. The first-order chi connectivity index (χ1) is 29.3. The Bertz CT molecular complexity index is 1780. The van der Waals surface area contributed by atoms with Crippen LogP contribution in [0.25, 0.3) is 0 Å². The Morgan fingerprint density at radius 3 is 2.44 bits per heavy atom. The van der Waals surface area contributed by atoms with Crippen LogP contribution in [0.2, 0.25) is 0 Å². The van der Waals surface area contributed by atoms with Crippen LogP contribution in [-0.2, 0) is 25.5 Å². The summed E-state index contributed by atoms with van der Waals surface area (Å²) in [5.41, 5.74) is 10.6. The number of carboxylic acids is 1. The van der Waals surface area contributed by atoms with Gasteiger partial charge in [0.15, 0.2) is 6.10 Å². The van der Waals surface area contributed by atoms with Crippen molar-refractivity contribution in [1.82, 2.24) is 30.7 Å². The molecule has 6 atom stereocenters. The number of thiazole rings is 1. The normalized spacial score (nSPS) is 17.0. The summed E-state index contributed by atoms with van der Waals surface area (Å²) in [6.45, 7) is 14.8. The van der Waals surface area contributed by atoms with Gasteiger partial charge in [0.05, 0.1) is 17.1 Å². The van der Waals surface area contributed by atoms with Crippen LogP contribution in [0, 0.1) is 23.1 Å². The summed E-state index contributed by atoms with van der Waals surface area (Å²) in [7, 11) is 1.94. The van der Waals surface area contributed by atoms with Gasteiger partial charge >= 0.3 is 12.1 Å². The molecule has 0 saturated carbocycles. The maximum atomic E-state index is 15.0. The van der Waals surface area contributed by atoms with Gasteiger partial charge < -0.3 is 42.2 Å². The molecule has 8 N–H and O–H groups in total. The van der Waals surface area contributed by atoms with E-state index in [-0.39, 0.29) is 73.4 Å². The number of aliphatic carboxylic acids is 1. The molecule has 17 heteroatoms. The first-order valence-electron chi connectivity index (χ1n) is 22.3. The number of alkyl carbamates (subject to hydrolysis) is 1. The molecule has 1 aliphatic rings. The molecule has 2 aromatic rings. The molecule has 15 nitrogen and oxygen atoms in total. The minimum absolute atomic E-state index is 0.0170. The highest BCUT2D eigenvalue weighted by Crippen LogP contribution is 2.33. The van der Waals surface area contributed by atoms with E-state index in [2.05, 4.69) is 32.8 Å². The zero-order valence-corrected chi connectivity index (χ0v) is 39.0. The maximum Gasteiger partial charge on any atom is 0.407 e. The van der Waals surface area contributed by atoms with E-state index in [1.54, 1.807) is 19.9 Å². The first kappa shape index (κ1) is 52.0. The molecule has 0 aliphatic carbocycles. The number of benzene rings is 1. The molecule has 1 fully saturated rings. The van der Waals surface area contributed by atoms with Crippen LogP contribution in [0.15, 0.2) is 23.6 Å². The molecule has 0 bridgehead atoms. The van der Waals surface area contributed by atoms with Gasteiger partial charge in [-0.2, -0.15) is 0 Å². The lowest BCUT2D eigenvalue weighted by Crippen LogP contribution is -2.59. The van der Waals surface area contributed by atoms with E-state index >= 15 is 0 Å². The van der Waals surface area contributed by atoms with E-state index in [1.807, 2.05) is 39.6 Å². The van der Waals surface area contributed by atoms with Crippen LogP contribution in [0.1, 0.15) is 140 Å². The highest BCUT2D eigenvalue weighted by molar-refractivity contribution is 7.09. The van der Waals surface area contributed by atoms with Crippen molar-refractivity contribution in [3.63, 3.8) is 0 Å². The average molecular weight is 889 g/mol. The molecular formula is C45H73FN8O7S. The molecule has 62 heavy (non-hydrogen) atoms. The molecule has 3 rings (SSSR count). The lowest BCUT2D eigenvalue weighted by Gasteiger charge is -2.40. The summed E-state index contributed by atoms with van der Waals surface area (Å²) >= 11 is 1.12. The predicted molar refractivity (Wildman–Crippen MR) is 241 cm³/mol. The minimum Gasteiger partial charge on any atom is -0.481 e. The molecule has 1 aromatic heterocycles. The van der Waals surface area contributed by atoms with Crippen molar-refractivity contribution in [2.24, 2.45) is 23.0 Å². The standard InChI is InChI=1S/C45H73FN8O7S/c1-9-11-12-14-22-54(42(57)38(29(5)10-2)52-40(56)35-16-13-15-21-53(35)8)36(28(3)4)25-37(61-44(60)49-20-19-47)41-51-34(27-62-41)39(55)50-31(26-45(6,7)43(58)59)23-30-17-18-33(48)32(46)24-30/h17-18,24,27-29,31,35-38H,9-16,19-23,25-26,47-48H2,1-8H3,(H,49,60)(H,50,55)(H,52,56)(H,58,59)/t29-,31-,35?,36+,37+,38-/m0/s1. The van der Waals surface area contributed by atoms with Crippen molar-refractivity contribution in [2.45, 2.75) is 149 Å². The van der Waals surface area contributed by atoms with E-state index < -0.39 is 53.4 Å². The van der Waals surface area contributed by atoms with Crippen LogP contribution in [0.5, 0.6) is 0 Å². The summed E-state index contributed by atoms with van der Waals surface area (Å²) in [4.78, 5) is 76.5. The summed E-state index contributed by atoms with van der Waals surface area (Å²) in [6, 6.07) is 2.01. The van der Waals surface area contributed by atoms with Gasteiger partial charge in [0, 0.05) is 43.5 Å².